The molecular formula is C56H107NO5. The second-order valence-electron chi connectivity index (χ2n) is 18.9. The van der Waals surface area contributed by atoms with Gasteiger partial charge in [-0.2, -0.15) is 0 Å². The van der Waals surface area contributed by atoms with Crippen LogP contribution in [-0.4, -0.2) is 47.4 Å². The molecule has 0 heterocycles. The van der Waals surface area contributed by atoms with Crippen LogP contribution in [0.2, 0.25) is 0 Å². The Morgan fingerprint density at radius 3 is 1.15 bits per heavy atom. The van der Waals surface area contributed by atoms with Crippen molar-refractivity contribution in [3.63, 3.8) is 0 Å². The predicted octanol–water partition coefficient (Wildman–Crippen LogP) is 16.7. The summed E-state index contributed by atoms with van der Waals surface area (Å²) >= 11 is 0. The molecule has 2 unspecified atom stereocenters. The van der Waals surface area contributed by atoms with E-state index >= 15 is 0 Å². The summed E-state index contributed by atoms with van der Waals surface area (Å²) in [7, 11) is 0. The Bertz CT molecular complexity index is 966. The van der Waals surface area contributed by atoms with Crippen LogP contribution in [0.25, 0.3) is 0 Å². The van der Waals surface area contributed by atoms with E-state index in [4.69, 9.17) is 4.74 Å². The molecule has 0 aromatic heterocycles. The number of allylic oxidation sites excluding steroid dienone is 4. The van der Waals surface area contributed by atoms with Crippen LogP contribution in [0.3, 0.4) is 0 Å². The van der Waals surface area contributed by atoms with Gasteiger partial charge >= 0.3 is 5.97 Å². The Balaban J connectivity index is 3.49. The monoisotopic (exact) mass is 874 g/mol. The van der Waals surface area contributed by atoms with Crippen LogP contribution in [-0.2, 0) is 14.3 Å². The Kier molecular flexibility index (Phi) is 50.6. The Labute approximate surface area is 386 Å². The SMILES string of the molecule is CCCCCCCC/C=C\CCCCCCCCCCCC(=O)OCCCC/C=C\CCCCCCCC(=O)NC(CO)C(O)CCCCCCCCCCCCCCCCC. The average Bonchev–Trinajstić information content (AvgIpc) is 3.27. The lowest BCUT2D eigenvalue weighted by molar-refractivity contribution is -0.143. The van der Waals surface area contributed by atoms with Gasteiger partial charge in [0.25, 0.3) is 0 Å². The number of nitrogens with one attached hydrogen (secondary N) is 1. The van der Waals surface area contributed by atoms with Crippen LogP contribution in [0, 0.1) is 0 Å². The highest BCUT2D eigenvalue weighted by Crippen LogP contribution is 2.16. The summed E-state index contributed by atoms with van der Waals surface area (Å²) in [5, 5.41) is 23.2. The van der Waals surface area contributed by atoms with E-state index in [0.717, 1.165) is 83.5 Å². The van der Waals surface area contributed by atoms with Crippen LogP contribution in [0.4, 0.5) is 0 Å². The fraction of sp³-hybridized carbons (Fsp3) is 0.893. The number of unbranched alkanes of at least 4 members (excludes halogenated alkanes) is 36. The minimum atomic E-state index is -0.682. The van der Waals surface area contributed by atoms with Gasteiger partial charge < -0.3 is 20.3 Å². The molecule has 1 amide bonds. The molecule has 3 N–H and O–H groups in total. The third-order valence-corrected chi connectivity index (χ3v) is 12.7. The highest BCUT2D eigenvalue weighted by atomic mass is 16.5. The minimum Gasteiger partial charge on any atom is -0.466 e. The number of hydrogen-bond acceptors (Lipinski definition) is 5. The molecule has 0 aliphatic carbocycles. The van der Waals surface area contributed by atoms with Crippen molar-refractivity contribution in [2.75, 3.05) is 13.2 Å². The van der Waals surface area contributed by atoms with Crippen LogP contribution < -0.4 is 5.32 Å². The van der Waals surface area contributed by atoms with E-state index in [0.29, 0.717) is 25.9 Å². The van der Waals surface area contributed by atoms with Gasteiger partial charge in [-0.25, -0.2) is 0 Å². The van der Waals surface area contributed by atoms with Crippen molar-refractivity contribution in [1.29, 1.82) is 0 Å². The predicted molar refractivity (Wildman–Crippen MR) is 269 cm³/mol. The molecule has 0 fully saturated rings. The third-order valence-electron chi connectivity index (χ3n) is 12.7. The molecule has 6 heteroatoms. The van der Waals surface area contributed by atoms with Crippen molar-refractivity contribution >= 4 is 11.9 Å². The molecular weight excluding hydrogens is 767 g/mol. The van der Waals surface area contributed by atoms with Gasteiger partial charge in [-0.1, -0.05) is 231 Å². The molecule has 0 aliphatic heterocycles. The van der Waals surface area contributed by atoms with Gasteiger partial charge in [-0.15, -0.1) is 0 Å². The molecule has 0 spiro atoms. The molecule has 0 aromatic carbocycles. The van der Waals surface area contributed by atoms with Crippen molar-refractivity contribution in [2.45, 2.75) is 309 Å². The standard InChI is InChI=1S/C56H107NO5/c1-3-5-7-9-11-13-15-17-19-20-21-22-24-26-30-34-38-42-46-50-56(61)62-51-47-43-39-35-31-27-29-33-37-41-45-49-55(60)57-53(52-58)54(59)48-44-40-36-32-28-25-23-18-16-14-12-10-8-6-4-2/h17,19,31,35,53-54,58-59H,3-16,18,20-30,32-34,36-52H2,1-2H3,(H,57,60)/b19-17-,35-31-. The van der Waals surface area contributed by atoms with Crippen molar-refractivity contribution in [2.24, 2.45) is 0 Å². The van der Waals surface area contributed by atoms with Crippen LogP contribution >= 0.6 is 0 Å². The molecule has 6 nitrogen and oxygen atoms in total. The van der Waals surface area contributed by atoms with E-state index in [1.165, 1.54) is 180 Å². The highest BCUT2D eigenvalue weighted by molar-refractivity contribution is 5.76. The zero-order chi connectivity index (χ0) is 45.1. The second kappa shape index (κ2) is 52.0. The van der Waals surface area contributed by atoms with E-state index in [9.17, 15) is 19.8 Å². The third kappa shape index (κ3) is 47.8. The maximum absolute atomic E-state index is 12.5. The van der Waals surface area contributed by atoms with E-state index in [-0.39, 0.29) is 18.5 Å². The molecule has 2 atom stereocenters. The van der Waals surface area contributed by atoms with Crippen molar-refractivity contribution in [1.82, 2.24) is 5.32 Å². The Morgan fingerprint density at radius 2 is 0.758 bits per heavy atom. The van der Waals surface area contributed by atoms with Crippen molar-refractivity contribution < 1.29 is 24.5 Å². The summed E-state index contributed by atoms with van der Waals surface area (Å²) < 4.78 is 5.45. The van der Waals surface area contributed by atoms with Crippen molar-refractivity contribution in [3.05, 3.63) is 24.3 Å². The Hall–Kier alpha value is -1.66. The quantitative estimate of drug-likeness (QED) is 0.0321. The lowest BCUT2D eigenvalue weighted by atomic mass is 10.0. The zero-order valence-corrected chi connectivity index (χ0v) is 41.6. The van der Waals surface area contributed by atoms with Gasteiger partial charge in [-0.3, -0.25) is 9.59 Å². The largest absolute Gasteiger partial charge is 0.466 e. The summed E-state index contributed by atoms with van der Waals surface area (Å²) in [4.78, 5) is 24.5. The molecule has 366 valence electrons. The first-order valence-electron chi connectivity index (χ1n) is 27.6. The van der Waals surface area contributed by atoms with Crippen LogP contribution in [0.5, 0.6) is 0 Å². The minimum absolute atomic E-state index is 0.0314. The summed E-state index contributed by atoms with van der Waals surface area (Å²) in [5.74, 6) is -0.0945. The summed E-state index contributed by atoms with van der Waals surface area (Å²) in [5.41, 5.74) is 0. The topological polar surface area (TPSA) is 95.9 Å². The molecule has 0 radical (unpaired) electrons. The summed E-state index contributed by atoms with van der Waals surface area (Å²) in [6, 6.07) is -0.562. The van der Waals surface area contributed by atoms with Crippen molar-refractivity contribution in [3.8, 4) is 0 Å². The number of ether oxygens (including phenoxy) is 1. The lowest BCUT2D eigenvalue weighted by Gasteiger charge is -2.22. The number of hydrogen-bond donors (Lipinski definition) is 3. The second-order valence-corrected chi connectivity index (χ2v) is 18.9. The van der Waals surface area contributed by atoms with Gasteiger partial charge in [-0.05, 0) is 77.0 Å². The number of rotatable bonds is 51. The molecule has 0 saturated carbocycles. The number of aliphatic hydroxyl groups excluding tert-OH is 2. The Morgan fingerprint density at radius 1 is 0.435 bits per heavy atom. The van der Waals surface area contributed by atoms with Gasteiger partial charge in [0.05, 0.1) is 25.4 Å². The van der Waals surface area contributed by atoms with E-state index in [2.05, 4.69) is 43.5 Å². The maximum atomic E-state index is 12.5. The molecule has 0 aromatic rings. The number of esters is 1. The number of aliphatic hydroxyl groups is 2. The van der Waals surface area contributed by atoms with E-state index < -0.39 is 12.1 Å². The van der Waals surface area contributed by atoms with Gasteiger partial charge in [0.1, 0.15) is 0 Å². The van der Waals surface area contributed by atoms with Gasteiger partial charge in [0, 0.05) is 12.8 Å². The first kappa shape index (κ1) is 60.3. The van der Waals surface area contributed by atoms with E-state index in [1.54, 1.807) is 0 Å². The van der Waals surface area contributed by atoms with Gasteiger partial charge in [0.15, 0.2) is 0 Å². The molecule has 0 rings (SSSR count). The normalized spacial score (nSPS) is 12.8. The molecule has 0 aliphatic rings. The first-order valence-corrected chi connectivity index (χ1v) is 27.6. The lowest BCUT2D eigenvalue weighted by Crippen LogP contribution is -2.45. The fourth-order valence-electron chi connectivity index (χ4n) is 8.45. The maximum Gasteiger partial charge on any atom is 0.305 e. The summed E-state index contributed by atoms with van der Waals surface area (Å²) in [6.45, 7) is 4.88. The zero-order valence-electron chi connectivity index (χ0n) is 41.6. The fourth-order valence-corrected chi connectivity index (χ4v) is 8.45. The number of carbonyl (C=O) groups is 2. The summed E-state index contributed by atoms with van der Waals surface area (Å²) in [6.07, 6.45) is 61.6. The first-order chi connectivity index (χ1) is 30.5. The molecule has 0 bridgehead atoms. The highest BCUT2D eigenvalue weighted by Gasteiger charge is 2.20. The average molecular weight is 874 g/mol. The van der Waals surface area contributed by atoms with Crippen LogP contribution in [0.1, 0.15) is 296 Å². The number of carbonyl (C=O) groups excluding carboxylic acids is 2. The van der Waals surface area contributed by atoms with Gasteiger partial charge in [0.2, 0.25) is 5.91 Å². The van der Waals surface area contributed by atoms with Crippen LogP contribution in [0.15, 0.2) is 24.3 Å². The number of amides is 1. The molecule has 0 saturated heterocycles. The van der Waals surface area contributed by atoms with E-state index in [1.807, 2.05) is 0 Å². The molecule has 62 heavy (non-hydrogen) atoms. The smallest absolute Gasteiger partial charge is 0.305 e.